The molecule has 0 aliphatic carbocycles. The Balaban J connectivity index is 0.00000220. The van der Waals surface area contributed by atoms with Gasteiger partial charge in [-0.15, -0.1) is 24.0 Å². The van der Waals surface area contributed by atoms with Crippen LogP contribution in [0.2, 0.25) is 0 Å². The number of nitrogens with one attached hydrogen (secondary N) is 1. The SMILES string of the molecule is CCNC(=NCCN1CC(C)CC(C)C1)N1CCCC1.I. The summed E-state index contributed by atoms with van der Waals surface area (Å²) in [5.41, 5.74) is 0. The van der Waals surface area contributed by atoms with Gasteiger partial charge in [0.1, 0.15) is 0 Å². The van der Waals surface area contributed by atoms with Gasteiger partial charge in [-0.25, -0.2) is 0 Å². The van der Waals surface area contributed by atoms with E-state index in [4.69, 9.17) is 4.99 Å². The zero-order valence-corrected chi connectivity index (χ0v) is 16.3. The second-order valence-electron chi connectivity index (χ2n) is 6.64. The lowest BCUT2D eigenvalue weighted by atomic mass is 9.92. The highest BCUT2D eigenvalue weighted by atomic mass is 127. The van der Waals surface area contributed by atoms with Crippen molar-refractivity contribution in [1.82, 2.24) is 15.1 Å². The summed E-state index contributed by atoms with van der Waals surface area (Å²) in [7, 11) is 0. The van der Waals surface area contributed by atoms with Crippen LogP contribution in [0.15, 0.2) is 4.99 Å². The number of piperidine rings is 1. The first-order valence-electron chi connectivity index (χ1n) is 8.44. The van der Waals surface area contributed by atoms with Crippen LogP contribution in [0.3, 0.4) is 0 Å². The van der Waals surface area contributed by atoms with Crippen molar-refractivity contribution in [1.29, 1.82) is 0 Å². The minimum atomic E-state index is 0. The molecule has 2 heterocycles. The maximum Gasteiger partial charge on any atom is 0.193 e. The molecule has 2 aliphatic heterocycles. The predicted molar refractivity (Wildman–Crippen MR) is 102 cm³/mol. The third-order valence-corrected chi connectivity index (χ3v) is 4.36. The number of aliphatic imine (C=N–C) groups is 1. The van der Waals surface area contributed by atoms with Gasteiger partial charge in [-0.2, -0.15) is 0 Å². The van der Waals surface area contributed by atoms with Crippen LogP contribution in [0.5, 0.6) is 0 Å². The molecule has 5 heteroatoms. The Kier molecular flexibility index (Phi) is 8.94. The van der Waals surface area contributed by atoms with Crippen molar-refractivity contribution in [3.05, 3.63) is 0 Å². The van der Waals surface area contributed by atoms with Crippen molar-refractivity contribution in [2.24, 2.45) is 16.8 Å². The molecule has 2 unspecified atom stereocenters. The fraction of sp³-hybridized carbons (Fsp3) is 0.938. The summed E-state index contributed by atoms with van der Waals surface area (Å²) in [5, 5.41) is 3.44. The second kappa shape index (κ2) is 9.87. The molecule has 124 valence electrons. The molecule has 0 amide bonds. The van der Waals surface area contributed by atoms with Crippen molar-refractivity contribution in [2.45, 2.75) is 40.0 Å². The maximum absolute atomic E-state index is 4.83. The molecule has 0 saturated carbocycles. The first kappa shape index (κ1) is 19.0. The molecular weight excluding hydrogens is 375 g/mol. The Morgan fingerprint density at radius 3 is 2.33 bits per heavy atom. The van der Waals surface area contributed by atoms with E-state index in [1.165, 1.54) is 45.4 Å². The van der Waals surface area contributed by atoms with Crippen molar-refractivity contribution >= 4 is 29.9 Å². The van der Waals surface area contributed by atoms with E-state index in [1.54, 1.807) is 0 Å². The lowest BCUT2D eigenvalue weighted by molar-refractivity contribution is 0.145. The molecule has 0 radical (unpaired) electrons. The molecule has 0 aromatic carbocycles. The quantitative estimate of drug-likeness (QED) is 0.441. The standard InChI is InChI=1S/C16H32N4.HI/c1-4-17-16(20-8-5-6-9-20)18-7-10-19-12-14(2)11-15(3)13-19;/h14-15H,4-13H2,1-3H3,(H,17,18);1H. The van der Waals surface area contributed by atoms with E-state index in [0.29, 0.717) is 0 Å². The van der Waals surface area contributed by atoms with Crippen LogP contribution in [0.25, 0.3) is 0 Å². The van der Waals surface area contributed by atoms with Gasteiger partial charge in [0, 0.05) is 39.3 Å². The van der Waals surface area contributed by atoms with Crippen molar-refractivity contribution in [3.63, 3.8) is 0 Å². The first-order chi connectivity index (χ1) is 9.69. The van der Waals surface area contributed by atoms with Crippen LogP contribution in [-0.4, -0.2) is 61.6 Å². The van der Waals surface area contributed by atoms with E-state index >= 15 is 0 Å². The van der Waals surface area contributed by atoms with E-state index in [0.717, 1.165) is 37.4 Å². The number of likely N-dealkylation sites (tertiary alicyclic amines) is 2. The molecule has 0 aromatic rings. The van der Waals surface area contributed by atoms with Gasteiger partial charge < -0.3 is 15.1 Å². The number of halogens is 1. The lowest BCUT2D eigenvalue weighted by Gasteiger charge is -2.34. The molecule has 2 saturated heterocycles. The summed E-state index contributed by atoms with van der Waals surface area (Å²) < 4.78 is 0. The summed E-state index contributed by atoms with van der Waals surface area (Å²) in [6.07, 6.45) is 4.01. The fourth-order valence-electron chi connectivity index (χ4n) is 3.63. The molecule has 2 atom stereocenters. The van der Waals surface area contributed by atoms with Crippen LogP contribution < -0.4 is 5.32 Å². The van der Waals surface area contributed by atoms with Crippen LogP contribution in [0, 0.1) is 11.8 Å². The molecule has 1 N–H and O–H groups in total. The summed E-state index contributed by atoms with van der Waals surface area (Å²) in [4.78, 5) is 9.83. The van der Waals surface area contributed by atoms with E-state index in [1.807, 2.05) is 0 Å². The number of nitrogens with zero attached hydrogens (tertiary/aromatic N) is 3. The average Bonchev–Trinajstić information content (AvgIpc) is 2.90. The topological polar surface area (TPSA) is 30.9 Å². The molecular formula is C16H33IN4. The van der Waals surface area contributed by atoms with Crippen molar-refractivity contribution in [3.8, 4) is 0 Å². The van der Waals surface area contributed by atoms with Gasteiger partial charge >= 0.3 is 0 Å². The Hall–Kier alpha value is -0.0400. The van der Waals surface area contributed by atoms with Crippen LogP contribution in [0.1, 0.15) is 40.0 Å². The third kappa shape index (κ3) is 6.30. The third-order valence-electron chi connectivity index (χ3n) is 4.36. The lowest BCUT2D eigenvalue weighted by Crippen LogP contribution is -2.42. The predicted octanol–water partition coefficient (Wildman–Crippen LogP) is 2.64. The summed E-state index contributed by atoms with van der Waals surface area (Å²) >= 11 is 0. The highest BCUT2D eigenvalue weighted by Gasteiger charge is 2.21. The molecule has 2 aliphatic rings. The van der Waals surface area contributed by atoms with Gasteiger partial charge in [0.2, 0.25) is 0 Å². The average molecular weight is 408 g/mol. The van der Waals surface area contributed by atoms with Crippen LogP contribution in [-0.2, 0) is 0 Å². The monoisotopic (exact) mass is 408 g/mol. The van der Waals surface area contributed by atoms with Gasteiger partial charge in [0.25, 0.3) is 0 Å². The van der Waals surface area contributed by atoms with E-state index in [9.17, 15) is 0 Å². The zero-order chi connectivity index (χ0) is 14.4. The maximum atomic E-state index is 4.83. The first-order valence-corrected chi connectivity index (χ1v) is 8.44. The molecule has 0 spiro atoms. The van der Waals surface area contributed by atoms with Gasteiger partial charge in [0.15, 0.2) is 5.96 Å². The van der Waals surface area contributed by atoms with Gasteiger partial charge in [-0.05, 0) is 38.0 Å². The molecule has 0 bridgehead atoms. The largest absolute Gasteiger partial charge is 0.357 e. The van der Waals surface area contributed by atoms with Crippen LogP contribution >= 0.6 is 24.0 Å². The molecule has 4 nitrogen and oxygen atoms in total. The minimum Gasteiger partial charge on any atom is -0.357 e. The van der Waals surface area contributed by atoms with E-state index in [2.05, 4.69) is 35.9 Å². The zero-order valence-electron chi connectivity index (χ0n) is 14.0. The summed E-state index contributed by atoms with van der Waals surface area (Å²) in [5.74, 6) is 2.81. The van der Waals surface area contributed by atoms with Crippen molar-refractivity contribution in [2.75, 3.05) is 45.8 Å². The number of hydrogen-bond acceptors (Lipinski definition) is 2. The van der Waals surface area contributed by atoms with E-state index in [-0.39, 0.29) is 24.0 Å². The summed E-state index contributed by atoms with van der Waals surface area (Å²) in [6, 6.07) is 0. The Morgan fingerprint density at radius 1 is 1.14 bits per heavy atom. The van der Waals surface area contributed by atoms with E-state index < -0.39 is 0 Å². The number of rotatable bonds is 4. The van der Waals surface area contributed by atoms with Crippen molar-refractivity contribution < 1.29 is 0 Å². The summed E-state index contributed by atoms with van der Waals surface area (Å²) in [6.45, 7) is 14.7. The second-order valence-corrected chi connectivity index (χ2v) is 6.64. The Bertz CT molecular complexity index is 305. The molecule has 0 aromatic heterocycles. The van der Waals surface area contributed by atoms with Gasteiger partial charge in [0.05, 0.1) is 6.54 Å². The number of hydrogen-bond donors (Lipinski definition) is 1. The Morgan fingerprint density at radius 2 is 1.76 bits per heavy atom. The highest BCUT2D eigenvalue weighted by molar-refractivity contribution is 14.0. The molecule has 2 rings (SSSR count). The number of guanidine groups is 1. The normalized spacial score (nSPS) is 27.6. The molecule has 21 heavy (non-hydrogen) atoms. The highest BCUT2D eigenvalue weighted by Crippen LogP contribution is 2.20. The smallest absolute Gasteiger partial charge is 0.193 e. The van der Waals surface area contributed by atoms with Crippen LogP contribution in [0.4, 0.5) is 0 Å². The Labute approximate surface area is 147 Å². The molecule has 2 fully saturated rings. The minimum absolute atomic E-state index is 0. The van der Waals surface area contributed by atoms with Gasteiger partial charge in [-0.1, -0.05) is 13.8 Å². The fourth-order valence-corrected chi connectivity index (χ4v) is 3.63. The van der Waals surface area contributed by atoms with Gasteiger partial charge in [-0.3, -0.25) is 4.99 Å².